The monoisotopic (exact) mass is 280 g/mol. The third-order valence-electron chi connectivity index (χ3n) is 3.51. The van der Waals surface area contributed by atoms with E-state index < -0.39 is 0 Å². The van der Waals surface area contributed by atoms with Crippen LogP contribution in [0.15, 0.2) is 24.3 Å². The van der Waals surface area contributed by atoms with Gasteiger partial charge in [-0.15, -0.1) is 0 Å². The average Bonchev–Trinajstić information content (AvgIpc) is 2.26. The minimum atomic E-state index is 0. The van der Waals surface area contributed by atoms with Crippen molar-refractivity contribution in [3.8, 4) is 0 Å². The molecule has 0 aliphatic carbocycles. The average molecular weight is 281 g/mol. The van der Waals surface area contributed by atoms with Crippen LogP contribution in [0.2, 0.25) is 0 Å². The summed E-state index contributed by atoms with van der Waals surface area (Å²) >= 11 is 0. The first-order valence-electron chi connectivity index (χ1n) is 7.12. The van der Waals surface area contributed by atoms with E-state index in [0.29, 0.717) is 5.41 Å². The zero-order valence-electron chi connectivity index (χ0n) is 13.1. The number of hydrogen-bond acceptors (Lipinski definition) is 0. The number of benzene rings is 1. The molecule has 1 aromatic carbocycles. The van der Waals surface area contributed by atoms with Crippen LogP contribution in [0.3, 0.4) is 0 Å². The molecule has 0 fully saturated rings. The molecule has 1 rings (SSSR count). The van der Waals surface area contributed by atoms with Gasteiger partial charge in [0.1, 0.15) is 6.54 Å². The summed E-state index contributed by atoms with van der Waals surface area (Å²) in [5, 5.41) is 0. The fraction of sp³-hybridized carbons (Fsp3) is 0.684. The molecule has 0 saturated carbocycles. The van der Waals surface area contributed by atoms with Crippen molar-refractivity contribution in [2.75, 3.05) is 20.6 Å². The molecular formula is C19H38N+. The Morgan fingerprint density at radius 1 is 0.900 bits per heavy atom. The Hall–Kier alpha value is -0.820. The molecule has 1 heteroatoms. The predicted molar refractivity (Wildman–Crippen MR) is 94.0 cm³/mol. The SMILES string of the molecule is C.C.CCc1ccc(C[N+](C)(C)CCC(C)(C)C)cc1. The van der Waals surface area contributed by atoms with E-state index in [1.54, 1.807) is 0 Å². The Bertz CT molecular complexity index is 354. The topological polar surface area (TPSA) is 0 Å². The summed E-state index contributed by atoms with van der Waals surface area (Å²) in [5.74, 6) is 0. The van der Waals surface area contributed by atoms with Gasteiger partial charge in [0.25, 0.3) is 0 Å². The molecule has 20 heavy (non-hydrogen) atoms. The van der Waals surface area contributed by atoms with Gasteiger partial charge in [-0.3, -0.25) is 0 Å². The van der Waals surface area contributed by atoms with Crippen LogP contribution < -0.4 is 0 Å². The Morgan fingerprint density at radius 3 is 1.75 bits per heavy atom. The van der Waals surface area contributed by atoms with Crippen molar-refractivity contribution in [1.29, 1.82) is 0 Å². The zero-order chi connectivity index (χ0) is 13.8. The Kier molecular flexibility index (Phi) is 9.09. The van der Waals surface area contributed by atoms with Gasteiger partial charge >= 0.3 is 0 Å². The second-order valence-electron chi connectivity index (χ2n) is 7.30. The van der Waals surface area contributed by atoms with Gasteiger partial charge in [-0.2, -0.15) is 0 Å². The van der Waals surface area contributed by atoms with Crippen LogP contribution in [0.1, 0.15) is 60.1 Å². The van der Waals surface area contributed by atoms with E-state index in [-0.39, 0.29) is 14.9 Å². The third kappa shape index (κ3) is 8.37. The molecule has 0 radical (unpaired) electrons. The lowest BCUT2D eigenvalue weighted by Crippen LogP contribution is -2.40. The summed E-state index contributed by atoms with van der Waals surface area (Å²) in [6.45, 7) is 11.5. The number of quaternary nitrogens is 1. The van der Waals surface area contributed by atoms with Crippen molar-refractivity contribution in [2.45, 2.75) is 61.9 Å². The molecule has 0 atom stereocenters. The van der Waals surface area contributed by atoms with Gasteiger partial charge in [0, 0.05) is 12.0 Å². The maximum atomic E-state index is 2.33. The summed E-state index contributed by atoms with van der Waals surface area (Å²) in [6, 6.07) is 9.10. The van der Waals surface area contributed by atoms with Crippen LogP contribution in [0.4, 0.5) is 0 Å². The highest BCUT2D eigenvalue weighted by Gasteiger charge is 2.20. The van der Waals surface area contributed by atoms with Crippen LogP contribution in [0, 0.1) is 5.41 Å². The highest BCUT2D eigenvalue weighted by molar-refractivity contribution is 5.21. The maximum absolute atomic E-state index is 2.33. The molecular weight excluding hydrogens is 242 g/mol. The van der Waals surface area contributed by atoms with Gasteiger partial charge in [0.05, 0.1) is 20.6 Å². The maximum Gasteiger partial charge on any atom is 0.104 e. The van der Waals surface area contributed by atoms with E-state index in [1.165, 1.54) is 24.1 Å². The molecule has 0 heterocycles. The summed E-state index contributed by atoms with van der Waals surface area (Å²) in [7, 11) is 4.67. The quantitative estimate of drug-likeness (QED) is 0.622. The van der Waals surface area contributed by atoms with E-state index >= 15 is 0 Å². The standard InChI is InChI=1S/C17H30N.2CH4/c1-7-15-8-10-16(11-9-15)14-18(5,6)13-12-17(2,3)4;;/h8-11H,7,12-14H2,1-6H3;2*1H4/q+1;;. The molecule has 0 saturated heterocycles. The summed E-state index contributed by atoms with van der Waals surface area (Å²) in [6.07, 6.45) is 2.40. The lowest BCUT2D eigenvalue weighted by atomic mass is 9.92. The van der Waals surface area contributed by atoms with E-state index in [0.717, 1.165) is 17.4 Å². The number of nitrogens with zero attached hydrogens (tertiary/aromatic N) is 1. The first-order chi connectivity index (χ1) is 8.22. The third-order valence-corrected chi connectivity index (χ3v) is 3.51. The van der Waals surface area contributed by atoms with Gasteiger partial charge in [-0.05, 0) is 17.4 Å². The minimum absolute atomic E-state index is 0. The molecule has 0 unspecified atom stereocenters. The van der Waals surface area contributed by atoms with Gasteiger partial charge in [-0.25, -0.2) is 0 Å². The predicted octanol–water partition coefficient (Wildman–Crippen LogP) is 5.53. The Morgan fingerprint density at radius 2 is 1.35 bits per heavy atom. The number of aryl methyl sites for hydroxylation is 1. The summed E-state index contributed by atoms with van der Waals surface area (Å²) < 4.78 is 1.07. The highest BCUT2D eigenvalue weighted by Crippen LogP contribution is 2.21. The molecule has 0 aliphatic rings. The molecule has 1 aromatic rings. The van der Waals surface area contributed by atoms with Gasteiger partial charge in [-0.1, -0.05) is 66.8 Å². The van der Waals surface area contributed by atoms with Gasteiger partial charge in [0.2, 0.25) is 0 Å². The Balaban J connectivity index is 0. The van der Waals surface area contributed by atoms with E-state index in [9.17, 15) is 0 Å². The van der Waals surface area contributed by atoms with E-state index in [2.05, 4.69) is 66.1 Å². The van der Waals surface area contributed by atoms with Crippen LogP contribution in [-0.2, 0) is 13.0 Å². The second-order valence-corrected chi connectivity index (χ2v) is 7.30. The van der Waals surface area contributed by atoms with Crippen molar-refractivity contribution in [2.24, 2.45) is 5.41 Å². The molecule has 118 valence electrons. The van der Waals surface area contributed by atoms with Gasteiger partial charge < -0.3 is 4.48 Å². The fourth-order valence-corrected chi connectivity index (χ4v) is 2.09. The van der Waals surface area contributed by atoms with Crippen LogP contribution in [0.25, 0.3) is 0 Å². The lowest BCUT2D eigenvalue weighted by Gasteiger charge is -2.32. The molecule has 0 aromatic heterocycles. The van der Waals surface area contributed by atoms with E-state index in [1.807, 2.05) is 0 Å². The fourth-order valence-electron chi connectivity index (χ4n) is 2.09. The van der Waals surface area contributed by atoms with E-state index in [4.69, 9.17) is 0 Å². The van der Waals surface area contributed by atoms with Crippen molar-refractivity contribution in [3.05, 3.63) is 35.4 Å². The molecule has 1 nitrogen and oxygen atoms in total. The Labute approximate surface area is 128 Å². The summed E-state index contributed by atoms with van der Waals surface area (Å²) in [5.41, 5.74) is 3.31. The first-order valence-corrected chi connectivity index (χ1v) is 7.12. The molecule has 0 aliphatic heterocycles. The second kappa shape index (κ2) is 8.46. The van der Waals surface area contributed by atoms with Crippen molar-refractivity contribution in [1.82, 2.24) is 0 Å². The van der Waals surface area contributed by atoms with Crippen molar-refractivity contribution in [3.63, 3.8) is 0 Å². The molecule has 0 N–H and O–H groups in total. The van der Waals surface area contributed by atoms with Crippen LogP contribution in [0.5, 0.6) is 0 Å². The highest BCUT2D eigenvalue weighted by atomic mass is 15.3. The van der Waals surface area contributed by atoms with Crippen LogP contribution in [-0.4, -0.2) is 25.1 Å². The number of hydrogen-bond donors (Lipinski definition) is 0. The van der Waals surface area contributed by atoms with Crippen LogP contribution >= 0.6 is 0 Å². The lowest BCUT2D eigenvalue weighted by molar-refractivity contribution is -0.904. The van der Waals surface area contributed by atoms with Crippen molar-refractivity contribution >= 4 is 0 Å². The molecule has 0 spiro atoms. The largest absolute Gasteiger partial charge is 0.325 e. The molecule has 0 amide bonds. The van der Waals surface area contributed by atoms with Gasteiger partial charge in [0.15, 0.2) is 0 Å². The smallest absolute Gasteiger partial charge is 0.104 e. The first kappa shape index (κ1) is 21.5. The number of rotatable bonds is 5. The van der Waals surface area contributed by atoms with Crippen molar-refractivity contribution < 1.29 is 4.48 Å². The normalized spacial score (nSPS) is 11.5. The molecule has 0 bridgehead atoms. The summed E-state index contributed by atoms with van der Waals surface area (Å²) in [4.78, 5) is 0. The zero-order valence-corrected chi connectivity index (χ0v) is 13.1. The minimum Gasteiger partial charge on any atom is -0.325 e.